The second-order valence-electron chi connectivity index (χ2n) is 3.38. The van der Waals surface area contributed by atoms with Crippen molar-refractivity contribution in [2.75, 3.05) is 13.7 Å². The molecule has 0 unspecified atom stereocenters. The highest BCUT2D eigenvalue weighted by atomic mass is 19.2. The van der Waals surface area contributed by atoms with E-state index in [1.165, 1.54) is 7.11 Å². The fraction of sp³-hybridized carbons (Fsp3) is 0.364. The Morgan fingerprint density at radius 2 is 1.88 bits per heavy atom. The number of esters is 1. The summed E-state index contributed by atoms with van der Waals surface area (Å²) in [4.78, 5) is 10.7. The number of methoxy groups -OCH3 is 1. The highest BCUT2D eigenvalue weighted by molar-refractivity contribution is 5.69. The summed E-state index contributed by atoms with van der Waals surface area (Å²) in [5, 5.41) is 2.78. The number of hydrogen-bond acceptors (Lipinski definition) is 3. The van der Waals surface area contributed by atoms with E-state index in [1.54, 1.807) is 0 Å². The van der Waals surface area contributed by atoms with Gasteiger partial charge >= 0.3 is 5.97 Å². The Bertz CT molecular complexity index is 387. The quantitative estimate of drug-likeness (QED) is 0.489. The van der Waals surface area contributed by atoms with Crippen LogP contribution in [0.4, 0.5) is 13.2 Å². The largest absolute Gasteiger partial charge is 0.469 e. The van der Waals surface area contributed by atoms with Gasteiger partial charge in [0.2, 0.25) is 0 Å². The summed E-state index contributed by atoms with van der Waals surface area (Å²) >= 11 is 0. The summed E-state index contributed by atoms with van der Waals surface area (Å²) < 4.78 is 42.7. The van der Waals surface area contributed by atoms with Crippen LogP contribution in [0.15, 0.2) is 12.1 Å². The average molecular weight is 247 g/mol. The van der Waals surface area contributed by atoms with Crippen LogP contribution in [0.1, 0.15) is 12.0 Å². The van der Waals surface area contributed by atoms with Crippen LogP contribution in [0.3, 0.4) is 0 Å². The molecule has 0 saturated heterocycles. The number of nitrogens with one attached hydrogen (secondary N) is 1. The van der Waals surface area contributed by atoms with Crippen LogP contribution in [-0.4, -0.2) is 19.6 Å². The highest BCUT2D eigenvalue weighted by Gasteiger charge is 2.10. The molecule has 0 bridgehead atoms. The molecule has 0 amide bonds. The van der Waals surface area contributed by atoms with Gasteiger partial charge in [-0.3, -0.25) is 4.79 Å². The van der Waals surface area contributed by atoms with Crippen molar-refractivity contribution in [1.29, 1.82) is 0 Å². The Morgan fingerprint density at radius 3 is 2.41 bits per heavy atom. The van der Waals surface area contributed by atoms with Crippen molar-refractivity contribution in [2.24, 2.45) is 0 Å². The van der Waals surface area contributed by atoms with Gasteiger partial charge in [-0.25, -0.2) is 13.2 Å². The van der Waals surface area contributed by atoms with Gasteiger partial charge in [-0.15, -0.1) is 0 Å². The molecule has 1 aromatic carbocycles. The second-order valence-corrected chi connectivity index (χ2v) is 3.38. The molecule has 0 saturated carbocycles. The van der Waals surface area contributed by atoms with Gasteiger partial charge in [-0.2, -0.15) is 0 Å². The minimum absolute atomic E-state index is 0.144. The molecule has 1 N–H and O–H groups in total. The molecule has 1 rings (SSSR count). The monoisotopic (exact) mass is 247 g/mol. The molecule has 0 aromatic heterocycles. The van der Waals surface area contributed by atoms with E-state index < -0.39 is 17.5 Å². The summed E-state index contributed by atoms with van der Waals surface area (Å²) in [6, 6.07) is 1.81. The molecule has 0 atom stereocenters. The lowest BCUT2D eigenvalue weighted by molar-refractivity contribution is -0.140. The van der Waals surface area contributed by atoms with Crippen LogP contribution in [0.5, 0.6) is 0 Å². The van der Waals surface area contributed by atoms with E-state index in [4.69, 9.17) is 0 Å². The molecule has 0 spiro atoms. The van der Waals surface area contributed by atoms with Crippen LogP contribution < -0.4 is 5.32 Å². The van der Waals surface area contributed by atoms with Crippen LogP contribution in [0.25, 0.3) is 0 Å². The first-order chi connectivity index (χ1) is 8.04. The molecule has 0 aliphatic carbocycles. The van der Waals surface area contributed by atoms with Crippen molar-refractivity contribution >= 4 is 5.97 Å². The Balaban J connectivity index is 2.45. The minimum Gasteiger partial charge on any atom is -0.469 e. The predicted molar refractivity (Wildman–Crippen MR) is 54.7 cm³/mol. The molecule has 94 valence electrons. The van der Waals surface area contributed by atoms with Crippen molar-refractivity contribution in [2.45, 2.75) is 13.0 Å². The van der Waals surface area contributed by atoms with Gasteiger partial charge in [-0.1, -0.05) is 0 Å². The summed E-state index contributed by atoms with van der Waals surface area (Å²) in [6.45, 7) is 0.457. The SMILES string of the molecule is COC(=O)CCNCc1cc(F)c(F)c(F)c1. The lowest BCUT2D eigenvalue weighted by Crippen LogP contribution is -2.18. The van der Waals surface area contributed by atoms with Gasteiger partial charge in [0.25, 0.3) is 0 Å². The van der Waals surface area contributed by atoms with Crippen molar-refractivity contribution in [3.63, 3.8) is 0 Å². The van der Waals surface area contributed by atoms with Crippen molar-refractivity contribution in [3.05, 3.63) is 35.1 Å². The van der Waals surface area contributed by atoms with Gasteiger partial charge in [-0.05, 0) is 17.7 Å². The number of hydrogen-bond donors (Lipinski definition) is 1. The third-order valence-electron chi connectivity index (χ3n) is 2.11. The standard InChI is InChI=1S/C11H12F3NO2/c1-17-10(16)2-3-15-6-7-4-8(12)11(14)9(13)5-7/h4-5,15H,2-3,6H2,1H3. The van der Waals surface area contributed by atoms with E-state index in [-0.39, 0.29) is 24.5 Å². The zero-order valence-electron chi connectivity index (χ0n) is 9.23. The first-order valence-corrected chi connectivity index (χ1v) is 4.95. The van der Waals surface area contributed by atoms with Gasteiger partial charge in [0.1, 0.15) is 0 Å². The lowest BCUT2D eigenvalue weighted by atomic mass is 10.2. The van der Waals surface area contributed by atoms with E-state index >= 15 is 0 Å². The first-order valence-electron chi connectivity index (χ1n) is 4.95. The molecule has 0 aliphatic heterocycles. The molecule has 0 fully saturated rings. The van der Waals surface area contributed by atoms with Gasteiger partial charge in [0, 0.05) is 13.1 Å². The Labute approximate surface area is 96.6 Å². The van der Waals surface area contributed by atoms with Gasteiger partial charge in [0.05, 0.1) is 13.5 Å². The maximum atomic E-state index is 12.8. The number of ether oxygens (including phenoxy) is 1. The number of rotatable bonds is 5. The van der Waals surface area contributed by atoms with Gasteiger partial charge in [0.15, 0.2) is 17.5 Å². The number of halogens is 3. The summed E-state index contributed by atoms with van der Waals surface area (Å²) in [6.07, 6.45) is 0.155. The maximum absolute atomic E-state index is 12.8. The smallest absolute Gasteiger partial charge is 0.306 e. The van der Waals surface area contributed by atoms with E-state index in [9.17, 15) is 18.0 Å². The number of carbonyl (C=O) groups excluding carboxylic acids is 1. The van der Waals surface area contributed by atoms with E-state index in [1.807, 2.05) is 0 Å². The minimum atomic E-state index is -1.48. The second kappa shape index (κ2) is 6.24. The zero-order valence-corrected chi connectivity index (χ0v) is 9.23. The number of benzene rings is 1. The average Bonchev–Trinajstić information content (AvgIpc) is 2.31. The topological polar surface area (TPSA) is 38.3 Å². The van der Waals surface area contributed by atoms with Crippen molar-refractivity contribution in [3.8, 4) is 0 Å². The summed E-state index contributed by atoms with van der Waals surface area (Å²) in [7, 11) is 1.27. The summed E-state index contributed by atoms with van der Waals surface area (Å²) in [5.41, 5.74) is 0.270. The third-order valence-corrected chi connectivity index (χ3v) is 2.11. The Hall–Kier alpha value is -1.56. The lowest BCUT2D eigenvalue weighted by Gasteiger charge is -2.05. The molecule has 3 nitrogen and oxygen atoms in total. The molecule has 17 heavy (non-hydrogen) atoms. The van der Waals surface area contributed by atoms with E-state index in [2.05, 4.69) is 10.1 Å². The molecular formula is C11H12F3NO2. The molecule has 1 aromatic rings. The highest BCUT2D eigenvalue weighted by Crippen LogP contribution is 2.13. The van der Waals surface area contributed by atoms with Crippen LogP contribution in [0.2, 0.25) is 0 Å². The third kappa shape index (κ3) is 4.07. The van der Waals surface area contributed by atoms with E-state index in [0.29, 0.717) is 6.54 Å². The molecule has 0 heterocycles. The molecular weight excluding hydrogens is 235 g/mol. The van der Waals surface area contributed by atoms with Crippen LogP contribution in [0, 0.1) is 17.5 Å². The van der Waals surface area contributed by atoms with Crippen molar-refractivity contribution < 1.29 is 22.7 Å². The fourth-order valence-corrected chi connectivity index (χ4v) is 1.24. The molecule has 0 aliphatic rings. The van der Waals surface area contributed by atoms with E-state index in [0.717, 1.165) is 12.1 Å². The van der Waals surface area contributed by atoms with Crippen LogP contribution >= 0.6 is 0 Å². The van der Waals surface area contributed by atoms with Crippen LogP contribution in [-0.2, 0) is 16.1 Å². The normalized spacial score (nSPS) is 10.4. The summed E-state index contributed by atoms with van der Waals surface area (Å²) in [5.74, 6) is -4.32. The molecule has 6 heteroatoms. The maximum Gasteiger partial charge on any atom is 0.306 e. The van der Waals surface area contributed by atoms with Crippen molar-refractivity contribution in [1.82, 2.24) is 5.32 Å². The zero-order chi connectivity index (χ0) is 12.8. The van der Waals surface area contributed by atoms with Gasteiger partial charge < -0.3 is 10.1 Å². The molecule has 0 radical (unpaired) electrons. The Morgan fingerprint density at radius 1 is 1.29 bits per heavy atom. The number of carbonyl (C=O) groups is 1. The Kier molecular flexibility index (Phi) is 4.96. The predicted octanol–water partition coefficient (Wildman–Crippen LogP) is 1.76. The fourth-order valence-electron chi connectivity index (χ4n) is 1.24. The first kappa shape index (κ1) is 13.5.